The molecule has 260 valence electrons. The summed E-state index contributed by atoms with van der Waals surface area (Å²) < 4.78 is 26.6. The summed E-state index contributed by atoms with van der Waals surface area (Å²) in [6, 6.07) is 24.7. The van der Waals surface area contributed by atoms with Crippen molar-refractivity contribution >= 4 is 11.8 Å². The van der Waals surface area contributed by atoms with Crippen LogP contribution in [0.1, 0.15) is 77.9 Å². The average molecular weight is 689 g/mol. The van der Waals surface area contributed by atoms with Gasteiger partial charge in [-0.05, 0) is 115 Å². The Bertz CT molecular complexity index is 2080. The number of phenols is 1. The van der Waals surface area contributed by atoms with Crippen LogP contribution in [0.3, 0.4) is 0 Å². The minimum Gasteiger partial charge on any atom is -0.508 e. The van der Waals surface area contributed by atoms with Crippen molar-refractivity contribution in [3.8, 4) is 23.0 Å². The van der Waals surface area contributed by atoms with Crippen LogP contribution in [0.5, 0.6) is 23.0 Å². The first-order chi connectivity index (χ1) is 24.8. The highest BCUT2D eigenvalue weighted by atomic mass is 19.1. The first-order valence-electron chi connectivity index (χ1n) is 17.2. The zero-order chi connectivity index (χ0) is 35.3. The van der Waals surface area contributed by atoms with Gasteiger partial charge in [-0.3, -0.25) is 24.7 Å². The Hall–Kier alpha value is -5.84. The second-order valence-electron chi connectivity index (χ2n) is 13.0. The Labute approximate surface area is 293 Å². The number of pyridine rings is 1. The molecular weight excluding hydrogens is 651 g/mol. The van der Waals surface area contributed by atoms with Crippen molar-refractivity contribution in [2.24, 2.45) is 0 Å². The number of carbonyl (C=O) groups excluding carboxylic acids is 2. The van der Waals surface area contributed by atoms with Crippen LogP contribution in [-0.4, -0.2) is 38.3 Å². The fourth-order valence-corrected chi connectivity index (χ4v) is 7.02. The largest absolute Gasteiger partial charge is 0.508 e. The van der Waals surface area contributed by atoms with Crippen molar-refractivity contribution in [2.75, 3.05) is 6.61 Å². The molecule has 0 bridgehead atoms. The molecule has 3 heterocycles. The van der Waals surface area contributed by atoms with Gasteiger partial charge in [-0.15, -0.1) is 0 Å². The maximum atomic E-state index is 13.7. The van der Waals surface area contributed by atoms with Gasteiger partial charge < -0.3 is 14.6 Å². The number of hydrogen-bond acceptors (Lipinski definition) is 8. The molecule has 0 spiro atoms. The van der Waals surface area contributed by atoms with Gasteiger partial charge in [0, 0.05) is 24.1 Å². The molecule has 1 unspecified atom stereocenters. The summed E-state index contributed by atoms with van der Waals surface area (Å²) in [5.41, 5.74) is 4.97. The molecule has 5 aromatic rings. The molecule has 1 fully saturated rings. The minimum absolute atomic E-state index is 0.0727. The van der Waals surface area contributed by atoms with Gasteiger partial charge in [-0.25, -0.2) is 9.07 Å². The van der Waals surface area contributed by atoms with E-state index in [1.807, 2.05) is 42.5 Å². The highest BCUT2D eigenvalue weighted by Gasteiger charge is 2.32. The number of aromatic nitrogens is 3. The minimum atomic E-state index is -0.832. The first-order valence-corrected chi connectivity index (χ1v) is 17.2. The zero-order valence-corrected chi connectivity index (χ0v) is 27.8. The number of carbonyl (C=O) groups is 2. The molecule has 0 saturated carbocycles. The smallest absolute Gasteiger partial charge is 0.271 e. The van der Waals surface area contributed by atoms with Gasteiger partial charge in [-0.1, -0.05) is 30.3 Å². The maximum absolute atomic E-state index is 13.7. The normalized spacial score (nSPS) is 18.5. The van der Waals surface area contributed by atoms with Crippen LogP contribution in [-0.2, 0) is 22.4 Å². The molecule has 7 rings (SSSR count). The lowest BCUT2D eigenvalue weighted by atomic mass is 9.69. The standard InChI is InChI=1S/C40H37FN4O6/c41-28-9-4-25(5-10-28)34-16-8-27-21-30(46)12-17-35(27)39(34)26-6-13-31(14-7-26)50-20-2-1-3-29-11-15-32(23-42-29)51-33-22-38(48)45(43-24-33)36-18-19-37(47)44-40(36)49/h4-7,9-15,17,21-24,34,36,39,46H,1-3,8,16,18-20H2,(H,44,47,49)/t34-,36?,39+/m1/s1. The molecule has 2 N–H and O–H groups in total. The summed E-state index contributed by atoms with van der Waals surface area (Å²) in [5, 5.41) is 16.4. The number of hydrogen-bond donors (Lipinski definition) is 2. The number of nitrogens with zero attached hydrogens (tertiary/aromatic N) is 3. The monoisotopic (exact) mass is 688 g/mol. The lowest BCUT2D eigenvalue weighted by Crippen LogP contribution is -2.45. The van der Waals surface area contributed by atoms with Crippen molar-refractivity contribution in [1.82, 2.24) is 20.1 Å². The molecule has 2 amide bonds. The number of rotatable bonds is 11. The number of ether oxygens (including phenoxy) is 2. The molecule has 2 aromatic heterocycles. The molecule has 0 radical (unpaired) electrons. The van der Waals surface area contributed by atoms with E-state index in [4.69, 9.17) is 9.47 Å². The van der Waals surface area contributed by atoms with Crippen molar-refractivity contribution in [1.29, 1.82) is 0 Å². The zero-order valence-electron chi connectivity index (χ0n) is 27.8. The lowest BCUT2D eigenvalue weighted by Gasteiger charge is -2.35. The number of imide groups is 1. The summed E-state index contributed by atoms with van der Waals surface area (Å²) in [6.45, 7) is 0.557. The summed E-state index contributed by atoms with van der Waals surface area (Å²) in [6.07, 6.45) is 7.53. The van der Waals surface area contributed by atoms with Gasteiger partial charge in [0.15, 0.2) is 5.75 Å². The second kappa shape index (κ2) is 15.0. The third-order valence-electron chi connectivity index (χ3n) is 9.56. The lowest BCUT2D eigenvalue weighted by molar-refractivity contribution is -0.136. The Morgan fingerprint density at radius 3 is 2.35 bits per heavy atom. The predicted molar refractivity (Wildman–Crippen MR) is 187 cm³/mol. The first kappa shape index (κ1) is 33.6. The topological polar surface area (TPSA) is 133 Å². The number of benzene rings is 3. The summed E-state index contributed by atoms with van der Waals surface area (Å²) in [4.78, 5) is 40.6. The van der Waals surface area contributed by atoms with Gasteiger partial charge in [0.25, 0.3) is 11.5 Å². The number of piperidine rings is 1. The van der Waals surface area contributed by atoms with E-state index in [2.05, 4.69) is 27.5 Å². The molecule has 51 heavy (non-hydrogen) atoms. The molecule has 10 nitrogen and oxygen atoms in total. The van der Waals surface area contributed by atoms with Crippen LogP contribution in [0.2, 0.25) is 0 Å². The highest BCUT2D eigenvalue weighted by Crippen LogP contribution is 2.47. The van der Waals surface area contributed by atoms with E-state index in [1.54, 1.807) is 18.3 Å². The summed E-state index contributed by atoms with van der Waals surface area (Å²) in [7, 11) is 0. The molecule has 3 atom stereocenters. The van der Waals surface area contributed by atoms with E-state index >= 15 is 0 Å². The van der Waals surface area contributed by atoms with E-state index in [0.29, 0.717) is 12.4 Å². The number of halogens is 1. The summed E-state index contributed by atoms with van der Waals surface area (Å²) in [5.74, 6) is 0.834. The molecule has 1 aliphatic heterocycles. The van der Waals surface area contributed by atoms with E-state index in [9.17, 15) is 23.9 Å². The number of amides is 2. The number of unbranched alkanes of at least 4 members (excludes halogenated alkanes) is 1. The van der Waals surface area contributed by atoms with E-state index in [1.165, 1.54) is 30.0 Å². The van der Waals surface area contributed by atoms with Gasteiger partial charge in [0.2, 0.25) is 5.91 Å². The molecule has 11 heteroatoms. The molecule has 3 aromatic carbocycles. The molecule has 2 aliphatic rings. The van der Waals surface area contributed by atoms with Crippen molar-refractivity contribution < 1.29 is 28.6 Å². The predicted octanol–water partition coefficient (Wildman–Crippen LogP) is 6.52. The van der Waals surface area contributed by atoms with Crippen LogP contribution < -0.4 is 20.3 Å². The molecule has 1 aliphatic carbocycles. The number of aromatic hydroxyl groups is 1. The number of phenolic OH excluding ortho intramolecular Hbond substituents is 1. The van der Waals surface area contributed by atoms with Crippen LogP contribution in [0.15, 0.2) is 102 Å². The quantitative estimate of drug-likeness (QED) is 0.119. The van der Waals surface area contributed by atoms with Gasteiger partial charge >= 0.3 is 0 Å². The highest BCUT2D eigenvalue weighted by molar-refractivity contribution is 5.99. The fourth-order valence-electron chi connectivity index (χ4n) is 7.02. The van der Waals surface area contributed by atoms with Gasteiger partial charge in [0.05, 0.1) is 19.0 Å². The molecular formula is C40H37FN4O6. The Kier molecular flexibility index (Phi) is 9.87. The maximum Gasteiger partial charge on any atom is 0.271 e. The van der Waals surface area contributed by atoms with Crippen molar-refractivity contribution in [3.05, 3.63) is 141 Å². The third-order valence-corrected chi connectivity index (χ3v) is 9.56. The van der Waals surface area contributed by atoms with Crippen molar-refractivity contribution in [3.63, 3.8) is 0 Å². The average Bonchev–Trinajstić information content (AvgIpc) is 3.13. The Morgan fingerprint density at radius 1 is 0.824 bits per heavy atom. The number of nitrogens with one attached hydrogen (secondary N) is 1. The molecule has 1 saturated heterocycles. The third kappa shape index (κ3) is 7.82. The van der Waals surface area contributed by atoms with Crippen LogP contribution in [0.25, 0.3) is 0 Å². The fraction of sp³-hybridized carbons (Fsp3) is 0.275. The Balaban J connectivity index is 0.900. The summed E-state index contributed by atoms with van der Waals surface area (Å²) >= 11 is 0. The van der Waals surface area contributed by atoms with Crippen molar-refractivity contribution in [2.45, 2.75) is 62.8 Å². The van der Waals surface area contributed by atoms with E-state index in [0.717, 1.165) is 64.9 Å². The van der Waals surface area contributed by atoms with E-state index < -0.39 is 17.5 Å². The van der Waals surface area contributed by atoms with Crippen LogP contribution in [0.4, 0.5) is 4.39 Å². The Morgan fingerprint density at radius 2 is 1.61 bits per heavy atom. The van der Waals surface area contributed by atoms with E-state index in [-0.39, 0.29) is 47.9 Å². The van der Waals surface area contributed by atoms with Crippen LogP contribution in [0, 0.1) is 5.82 Å². The van der Waals surface area contributed by atoms with Crippen LogP contribution >= 0.6 is 0 Å². The number of aryl methyl sites for hydroxylation is 2. The van der Waals surface area contributed by atoms with Gasteiger partial charge in [0.1, 0.15) is 29.1 Å². The number of fused-ring (bicyclic) bond motifs is 1. The van der Waals surface area contributed by atoms with Gasteiger partial charge in [-0.2, -0.15) is 5.10 Å². The second-order valence-corrected chi connectivity index (χ2v) is 13.0. The SMILES string of the molecule is O=C1CCC(n2ncc(Oc3ccc(CCCCOc4ccc([C@@H]5c6ccc(O)cc6CC[C@@H]5c5ccc(F)cc5)cc4)nc3)cc2=O)C(=O)N1.